The maximum absolute atomic E-state index is 12.5. The van der Waals surface area contributed by atoms with Gasteiger partial charge in [-0.05, 0) is 54.1 Å². The van der Waals surface area contributed by atoms with Gasteiger partial charge in [-0.2, -0.15) is 0 Å². The predicted molar refractivity (Wildman–Crippen MR) is 113 cm³/mol. The van der Waals surface area contributed by atoms with E-state index >= 15 is 0 Å². The van der Waals surface area contributed by atoms with E-state index in [4.69, 9.17) is 27.9 Å². The number of rotatable bonds is 5. The van der Waals surface area contributed by atoms with Crippen LogP contribution in [0.2, 0.25) is 10.0 Å². The number of amides is 1. The number of halogens is 2. The Morgan fingerprint density at radius 1 is 0.964 bits per heavy atom. The summed E-state index contributed by atoms with van der Waals surface area (Å²) in [5.74, 6) is 0.479. The van der Waals surface area contributed by atoms with E-state index in [1.54, 1.807) is 24.3 Å². The molecular weight excluding hydrogens is 395 g/mol. The minimum absolute atomic E-state index is 0.234. The molecule has 2 N–H and O–H groups in total. The summed E-state index contributed by atoms with van der Waals surface area (Å²) in [5.41, 5.74) is 2.90. The molecule has 0 atom stereocenters. The molecule has 4 rings (SSSR count). The van der Waals surface area contributed by atoms with Gasteiger partial charge in [0.1, 0.15) is 18.1 Å². The standard InChI is InChI=1S/C22H16Cl2N2O2/c23-16-6-4-14(5-7-16)13-28-18-10-8-17(9-11-18)25-22(27)20-12-15-2-1-3-19(24)21(15)26-20/h1-12,26H,13H2,(H,25,27). The van der Waals surface area contributed by atoms with Gasteiger partial charge in [-0.1, -0.05) is 47.5 Å². The predicted octanol–water partition coefficient (Wildman–Crippen LogP) is 6.31. The van der Waals surface area contributed by atoms with Crippen molar-refractivity contribution in [2.75, 3.05) is 5.32 Å². The first-order valence-corrected chi connectivity index (χ1v) is 9.40. The average Bonchev–Trinajstić information content (AvgIpc) is 3.15. The van der Waals surface area contributed by atoms with Gasteiger partial charge in [-0.15, -0.1) is 0 Å². The van der Waals surface area contributed by atoms with Crippen LogP contribution in [0.4, 0.5) is 5.69 Å². The van der Waals surface area contributed by atoms with Crippen molar-refractivity contribution >= 4 is 45.7 Å². The third-order valence-electron chi connectivity index (χ3n) is 4.28. The fraction of sp³-hybridized carbons (Fsp3) is 0.0455. The molecule has 1 aromatic heterocycles. The first-order valence-electron chi connectivity index (χ1n) is 8.64. The molecule has 0 bridgehead atoms. The Bertz CT molecular complexity index is 1120. The van der Waals surface area contributed by atoms with Gasteiger partial charge in [0.25, 0.3) is 5.91 Å². The summed E-state index contributed by atoms with van der Waals surface area (Å²) >= 11 is 12.0. The Hall–Kier alpha value is -2.95. The second-order valence-corrected chi connectivity index (χ2v) is 7.12. The molecule has 6 heteroatoms. The molecule has 4 aromatic rings. The lowest BCUT2D eigenvalue weighted by molar-refractivity contribution is 0.102. The lowest BCUT2D eigenvalue weighted by Crippen LogP contribution is -2.12. The van der Waals surface area contributed by atoms with Gasteiger partial charge < -0.3 is 15.0 Å². The van der Waals surface area contributed by atoms with Crippen molar-refractivity contribution < 1.29 is 9.53 Å². The van der Waals surface area contributed by atoms with Gasteiger partial charge in [0.2, 0.25) is 0 Å². The van der Waals surface area contributed by atoms with Crippen LogP contribution in [-0.2, 0) is 6.61 Å². The summed E-state index contributed by atoms with van der Waals surface area (Å²) in [6.45, 7) is 0.443. The van der Waals surface area contributed by atoms with Crippen molar-refractivity contribution in [2.24, 2.45) is 0 Å². The van der Waals surface area contributed by atoms with Gasteiger partial charge in [0.15, 0.2) is 0 Å². The number of hydrogen-bond donors (Lipinski definition) is 2. The third kappa shape index (κ3) is 4.14. The van der Waals surface area contributed by atoms with E-state index in [-0.39, 0.29) is 5.91 Å². The van der Waals surface area contributed by atoms with Gasteiger partial charge >= 0.3 is 0 Å². The second-order valence-electron chi connectivity index (χ2n) is 6.28. The summed E-state index contributed by atoms with van der Waals surface area (Å²) in [4.78, 5) is 15.6. The van der Waals surface area contributed by atoms with Crippen molar-refractivity contribution in [3.05, 3.63) is 94.1 Å². The number of aromatic amines is 1. The maximum atomic E-state index is 12.5. The highest BCUT2D eigenvalue weighted by Gasteiger charge is 2.11. The van der Waals surface area contributed by atoms with E-state index < -0.39 is 0 Å². The lowest BCUT2D eigenvalue weighted by atomic mass is 10.2. The van der Waals surface area contributed by atoms with Crippen LogP contribution >= 0.6 is 23.2 Å². The molecule has 28 heavy (non-hydrogen) atoms. The Morgan fingerprint density at radius 2 is 1.71 bits per heavy atom. The van der Waals surface area contributed by atoms with E-state index in [2.05, 4.69) is 10.3 Å². The number of nitrogens with one attached hydrogen (secondary N) is 2. The average molecular weight is 411 g/mol. The molecule has 3 aromatic carbocycles. The SMILES string of the molecule is O=C(Nc1ccc(OCc2ccc(Cl)cc2)cc1)c1cc2cccc(Cl)c2[nH]1. The first-order chi connectivity index (χ1) is 13.6. The molecule has 0 saturated carbocycles. The molecule has 140 valence electrons. The second kappa shape index (κ2) is 7.97. The third-order valence-corrected chi connectivity index (χ3v) is 4.85. The molecule has 0 saturated heterocycles. The number of carbonyl (C=O) groups excluding carboxylic acids is 1. The normalized spacial score (nSPS) is 10.8. The van der Waals surface area contributed by atoms with Crippen LogP contribution in [0.15, 0.2) is 72.8 Å². The lowest BCUT2D eigenvalue weighted by Gasteiger charge is -2.08. The van der Waals surface area contributed by atoms with E-state index in [1.807, 2.05) is 48.5 Å². The molecule has 0 radical (unpaired) electrons. The zero-order valence-corrected chi connectivity index (χ0v) is 16.2. The Labute approximate surface area is 172 Å². The highest BCUT2D eigenvalue weighted by molar-refractivity contribution is 6.35. The number of para-hydroxylation sites is 1. The number of carbonyl (C=O) groups is 1. The van der Waals surface area contributed by atoms with Crippen LogP contribution < -0.4 is 10.1 Å². The number of H-pyrrole nitrogens is 1. The van der Waals surface area contributed by atoms with Crippen LogP contribution in [0, 0.1) is 0 Å². The van der Waals surface area contributed by atoms with Crippen molar-refractivity contribution in [1.29, 1.82) is 0 Å². The zero-order chi connectivity index (χ0) is 19.5. The van der Waals surface area contributed by atoms with E-state index in [0.717, 1.165) is 16.5 Å². The molecule has 0 spiro atoms. The molecule has 0 aliphatic carbocycles. The number of fused-ring (bicyclic) bond motifs is 1. The Morgan fingerprint density at radius 3 is 2.43 bits per heavy atom. The largest absolute Gasteiger partial charge is 0.489 e. The summed E-state index contributed by atoms with van der Waals surface area (Å²) in [7, 11) is 0. The Balaban J connectivity index is 1.40. The monoisotopic (exact) mass is 410 g/mol. The molecule has 0 aliphatic heterocycles. The first kappa shape index (κ1) is 18.4. The summed E-state index contributed by atoms with van der Waals surface area (Å²) in [5, 5.41) is 5.03. The van der Waals surface area contributed by atoms with Crippen molar-refractivity contribution in [1.82, 2.24) is 4.98 Å². The number of aromatic nitrogens is 1. The quantitative estimate of drug-likeness (QED) is 0.405. The van der Waals surface area contributed by atoms with Crippen LogP contribution in [0.1, 0.15) is 16.1 Å². The van der Waals surface area contributed by atoms with E-state index in [0.29, 0.717) is 33.8 Å². The van der Waals surface area contributed by atoms with Crippen LogP contribution in [-0.4, -0.2) is 10.9 Å². The molecule has 1 amide bonds. The van der Waals surface area contributed by atoms with Crippen molar-refractivity contribution in [2.45, 2.75) is 6.61 Å². The van der Waals surface area contributed by atoms with Gasteiger partial charge in [0.05, 0.1) is 10.5 Å². The topological polar surface area (TPSA) is 54.1 Å². The molecule has 0 fully saturated rings. The fourth-order valence-electron chi connectivity index (χ4n) is 2.82. The van der Waals surface area contributed by atoms with E-state index in [1.165, 1.54) is 0 Å². The van der Waals surface area contributed by atoms with Gasteiger partial charge in [-0.3, -0.25) is 4.79 Å². The summed E-state index contributed by atoms with van der Waals surface area (Å²) in [6.07, 6.45) is 0. The molecular formula is C22H16Cl2N2O2. The minimum atomic E-state index is -0.234. The van der Waals surface area contributed by atoms with E-state index in [9.17, 15) is 4.79 Å². The highest BCUT2D eigenvalue weighted by Crippen LogP contribution is 2.24. The summed E-state index contributed by atoms with van der Waals surface area (Å²) in [6, 6.07) is 22.0. The van der Waals surface area contributed by atoms with Gasteiger partial charge in [-0.25, -0.2) is 0 Å². The van der Waals surface area contributed by atoms with Crippen LogP contribution in [0.3, 0.4) is 0 Å². The fourth-order valence-corrected chi connectivity index (χ4v) is 3.18. The summed E-state index contributed by atoms with van der Waals surface area (Å²) < 4.78 is 5.75. The smallest absolute Gasteiger partial charge is 0.272 e. The van der Waals surface area contributed by atoms with Crippen molar-refractivity contribution in [3.63, 3.8) is 0 Å². The minimum Gasteiger partial charge on any atom is -0.489 e. The highest BCUT2D eigenvalue weighted by atomic mass is 35.5. The van der Waals surface area contributed by atoms with Crippen LogP contribution in [0.25, 0.3) is 10.9 Å². The van der Waals surface area contributed by atoms with Crippen molar-refractivity contribution in [3.8, 4) is 5.75 Å². The molecule has 0 aliphatic rings. The molecule has 4 nitrogen and oxygen atoms in total. The van der Waals surface area contributed by atoms with Crippen LogP contribution in [0.5, 0.6) is 5.75 Å². The number of ether oxygens (including phenoxy) is 1. The molecule has 1 heterocycles. The number of hydrogen-bond acceptors (Lipinski definition) is 2. The Kier molecular flexibility index (Phi) is 5.24. The maximum Gasteiger partial charge on any atom is 0.272 e. The van der Waals surface area contributed by atoms with Gasteiger partial charge in [0, 0.05) is 16.1 Å². The zero-order valence-electron chi connectivity index (χ0n) is 14.7. The number of benzene rings is 3. The molecule has 0 unspecified atom stereocenters. The number of anilines is 1.